The molecule has 1 saturated carbocycles. The first-order valence-electron chi connectivity index (χ1n) is 8.83. The van der Waals surface area contributed by atoms with Crippen molar-refractivity contribution in [1.29, 1.82) is 0 Å². The van der Waals surface area contributed by atoms with E-state index in [9.17, 15) is 27.1 Å². The van der Waals surface area contributed by atoms with Gasteiger partial charge in [0.25, 0.3) is 11.8 Å². The average Bonchev–Trinajstić information content (AvgIpc) is 3.00. The first kappa shape index (κ1) is 20.2. The molecule has 4 rings (SSSR count). The zero-order valence-corrected chi connectivity index (χ0v) is 15.1. The standard InChI is InChI=1S/C17H15F5N6O2/c18-16(19)4-1-2-9(29)12(16)28-14-11(13(23)25-7-26-14)15(27-28)30-10-6-8(3-5-24-10)17(20,21)22/h3,5-7,9,12,29H,1-2,4H2,(H2,23,25,26). The second-order valence-corrected chi connectivity index (χ2v) is 6.86. The summed E-state index contributed by atoms with van der Waals surface area (Å²) in [5, 5.41) is 14.1. The lowest BCUT2D eigenvalue weighted by Gasteiger charge is -2.35. The van der Waals surface area contributed by atoms with Crippen LogP contribution in [0.15, 0.2) is 24.7 Å². The van der Waals surface area contributed by atoms with Crippen LogP contribution in [0.4, 0.5) is 27.8 Å². The summed E-state index contributed by atoms with van der Waals surface area (Å²) >= 11 is 0. The molecule has 0 radical (unpaired) electrons. The van der Waals surface area contributed by atoms with Crippen LogP contribution in [0.3, 0.4) is 0 Å². The Bertz CT molecular complexity index is 1090. The van der Waals surface area contributed by atoms with E-state index in [1.807, 2.05) is 0 Å². The van der Waals surface area contributed by atoms with Crippen molar-refractivity contribution < 1.29 is 31.8 Å². The number of pyridine rings is 1. The second kappa shape index (κ2) is 7.00. The number of aliphatic hydroxyl groups is 1. The van der Waals surface area contributed by atoms with Crippen molar-refractivity contribution in [3.05, 3.63) is 30.2 Å². The number of hydrogen-bond donors (Lipinski definition) is 2. The Kier molecular flexibility index (Phi) is 4.71. The molecule has 30 heavy (non-hydrogen) atoms. The summed E-state index contributed by atoms with van der Waals surface area (Å²) in [4.78, 5) is 11.4. The van der Waals surface area contributed by atoms with Crippen molar-refractivity contribution in [3.63, 3.8) is 0 Å². The predicted octanol–water partition coefficient (Wildman–Crippen LogP) is 3.34. The van der Waals surface area contributed by atoms with Crippen LogP contribution < -0.4 is 10.5 Å². The number of aliphatic hydroxyl groups excluding tert-OH is 1. The third kappa shape index (κ3) is 3.49. The highest BCUT2D eigenvalue weighted by atomic mass is 19.4. The number of alkyl halides is 5. The fourth-order valence-electron chi connectivity index (χ4n) is 3.45. The number of nitrogens with two attached hydrogens (primary N) is 1. The van der Waals surface area contributed by atoms with E-state index in [0.29, 0.717) is 6.07 Å². The van der Waals surface area contributed by atoms with E-state index in [-0.39, 0.29) is 29.7 Å². The molecular formula is C17H15F5N6O2. The van der Waals surface area contributed by atoms with E-state index in [1.165, 1.54) is 0 Å². The molecule has 3 aromatic heterocycles. The summed E-state index contributed by atoms with van der Waals surface area (Å²) < 4.78 is 74.1. The molecule has 0 aliphatic heterocycles. The Hall–Kier alpha value is -3.09. The lowest BCUT2D eigenvalue weighted by molar-refractivity contribution is -0.137. The highest BCUT2D eigenvalue weighted by Crippen LogP contribution is 2.44. The number of halogens is 5. The molecule has 2 unspecified atom stereocenters. The molecule has 1 aliphatic rings. The quantitative estimate of drug-likeness (QED) is 0.613. The summed E-state index contributed by atoms with van der Waals surface area (Å²) in [7, 11) is 0. The molecule has 0 aromatic carbocycles. The van der Waals surface area contributed by atoms with Gasteiger partial charge in [-0.25, -0.2) is 28.4 Å². The maximum absolute atomic E-state index is 14.6. The second-order valence-electron chi connectivity index (χ2n) is 6.86. The van der Waals surface area contributed by atoms with Gasteiger partial charge >= 0.3 is 6.18 Å². The van der Waals surface area contributed by atoms with Gasteiger partial charge in [0.1, 0.15) is 23.6 Å². The van der Waals surface area contributed by atoms with E-state index < -0.39 is 48.0 Å². The molecule has 13 heteroatoms. The van der Waals surface area contributed by atoms with E-state index in [0.717, 1.165) is 23.3 Å². The Balaban J connectivity index is 1.82. The number of fused-ring (bicyclic) bond motifs is 1. The highest BCUT2D eigenvalue weighted by Gasteiger charge is 2.49. The lowest BCUT2D eigenvalue weighted by Crippen LogP contribution is -2.43. The van der Waals surface area contributed by atoms with Crippen molar-refractivity contribution in [2.24, 2.45) is 0 Å². The van der Waals surface area contributed by atoms with Crippen molar-refractivity contribution in [2.75, 3.05) is 5.73 Å². The maximum Gasteiger partial charge on any atom is 0.416 e. The molecule has 3 heterocycles. The monoisotopic (exact) mass is 430 g/mol. The van der Waals surface area contributed by atoms with Crippen LogP contribution in [-0.2, 0) is 6.18 Å². The molecule has 160 valence electrons. The molecule has 3 N–H and O–H groups in total. The molecule has 0 amide bonds. The van der Waals surface area contributed by atoms with Crippen molar-refractivity contribution >= 4 is 16.9 Å². The smallest absolute Gasteiger partial charge is 0.416 e. The maximum atomic E-state index is 14.6. The van der Waals surface area contributed by atoms with E-state index in [4.69, 9.17) is 10.5 Å². The van der Waals surface area contributed by atoms with Gasteiger partial charge in [0, 0.05) is 18.7 Å². The van der Waals surface area contributed by atoms with Crippen LogP contribution in [0.1, 0.15) is 30.9 Å². The topological polar surface area (TPSA) is 112 Å². The van der Waals surface area contributed by atoms with Crippen LogP contribution >= 0.6 is 0 Å². The van der Waals surface area contributed by atoms with Crippen LogP contribution in [0.2, 0.25) is 0 Å². The fraction of sp³-hybridized carbons (Fsp3) is 0.412. The Morgan fingerprint density at radius 2 is 2.00 bits per heavy atom. The third-order valence-corrected chi connectivity index (χ3v) is 4.82. The molecule has 1 aliphatic carbocycles. The normalized spacial score (nSPS) is 21.7. The van der Waals surface area contributed by atoms with Crippen molar-refractivity contribution in [2.45, 2.75) is 43.5 Å². The van der Waals surface area contributed by atoms with E-state index in [2.05, 4.69) is 20.1 Å². The number of nitrogen functional groups attached to an aromatic ring is 1. The number of hydrogen-bond acceptors (Lipinski definition) is 7. The molecule has 2 atom stereocenters. The average molecular weight is 430 g/mol. The first-order valence-corrected chi connectivity index (χ1v) is 8.83. The summed E-state index contributed by atoms with van der Waals surface area (Å²) in [6.07, 6.45) is -4.38. The van der Waals surface area contributed by atoms with E-state index >= 15 is 0 Å². The minimum Gasteiger partial charge on any atom is -0.418 e. The number of nitrogens with zero attached hydrogens (tertiary/aromatic N) is 5. The first-order chi connectivity index (χ1) is 14.1. The van der Waals surface area contributed by atoms with Crippen molar-refractivity contribution in [1.82, 2.24) is 24.7 Å². The Labute approximate surface area is 165 Å². The van der Waals surface area contributed by atoms with Gasteiger partial charge in [0.15, 0.2) is 5.65 Å². The zero-order valence-electron chi connectivity index (χ0n) is 15.1. The minimum absolute atomic E-state index is 0.0784. The van der Waals surface area contributed by atoms with Gasteiger partial charge in [-0.1, -0.05) is 0 Å². The number of rotatable bonds is 3. The fourth-order valence-corrected chi connectivity index (χ4v) is 3.45. The minimum atomic E-state index is -4.64. The van der Waals surface area contributed by atoms with E-state index in [1.54, 1.807) is 0 Å². The molecule has 8 nitrogen and oxygen atoms in total. The molecular weight excluding hydrogens is 415 g/mol. The van der Waals surface area contributed by atoms with Gasteiger partial charge in [-0.15, -0.1) is 5.10 Å². The van der Waals surface area contributed by atoms with Crippen LogP contribution in [-0.4, -0.2) is 41.9 Å². The highest BCUT2D eigenvalue weighted by molar-refractivity contribution is 5.90. The van der Waals surface area contributed by atoms with Gasteiger partial charge < -0.3 is 15.6 Å². The number of anilines is 1. The molecule has 1 fully saturated rings. The van der Waals surface area contributed by atoms with Gasteiger partial charge in [0.2, 0.25) is 5.88 Å². The Morgan fingerprint density at radius 1 is 1.23 bits per heavy atom. The predicted molar refractivity (Wildman–Crippen MR) is 92.9 cm³/mol. The summed E-state index contributed by atoms with van der Waals surface area (Å²) in [5.41, 5.74) is 4.66. The molecule has 3 aromatic rings. The molecule has 0 saturated heterocycles. The van der Waals surface area contributed by atoms with Gasteiger partial charge in [-0.05, 0) is 18.9 Å². The van der Waals surface area contributed by atoms with Gasteiger partial charge in [-0.2, -0.15) is 13.2 Å². The van der Waals surface area contributed by atoms with Crippen LogP contribution in [0, 0.1) is 0 Å². The largest absolute Gasteiger partial charge is 0.418 e. The number of aromatic nitrogens is 5. The summed E-state index contributed by atoms with van der Waals surface area (Å²) in [5.74, 6) is -4.36. The third-order valence-electron chi connectivity index (χ3n) is 4.82. The zero-order chi connectivity index (χ0) is 21.7. The molecule has 0 bridgehead atoms. The summed E-state index contributed by atoms with van der Waals surface area (Å²) in [6, 6.07) is -0.371. The van der Waals surface area contributed by atoms with Crippen LogP contribution in [0.5, 0.6) is 11.8 Å². The van der Waals surface area contributed by atoms with Gasteiger partial charge in [0.05, 0.1) is 11.7 Å². The SMILES string of the molecule is Nc1ncnc2c1c(Oc1cc(C(F)(F)F)ccn1)nn2C1C(O)CCCC1(F)F. The molecule has 0 spiro atoms. The van der Waals surface area contributed by atoms with Crippen LogP contribution in [0.25, 0.3) is 11.0 Å². The summed E-state index contributed by atoms with van der Waals surface area (Å²) in [6.45, 7) is 0. The lowest BCUT2D eigenvalue weighted by atomic mass is 9.89. The van der Waals surface area contributed by atoms with Crippen molar-refractivity contribution in [3.8, 4) is 11.8 Å². The Morgan fingerprint density at radius 3 is 2.70 bits per heavy atom. The van der Waals surface area contributed by atoms with Gasteiger partial charge in [-0.3, -0.25) is 0 Å². The number of ether oxygens (including phenoxy) is 1.